The molecule has 0 heterocycles. The molecule has 0 aliphatic carbocycles. The van der Waals surface area contributed by atoms with Crippen LogP contribution in [0.4, 0.5) is 0 Å². The van der Waals surface area contributed by atoms with Gasteiger partial charge in [-0.1, -0.05) is 43.3 Å². The fourth-order valence-electron chi connectivity index (χ4n) is 2.38. The molecule has 3 nitrogen and oxygen atoms in total. The Hall–Kier alpha value is -2.29. The first-order chi connectivity index (χ1) is 10.5. The molecule has 3 heteroatoms. The third-order valence-corrected chi connectivity index (χ3v) is 3.54. The van der Waals surface area contributed by atoms with Gasteiger partial charge in [-0.2, -0.15) is 0 Å². The van der Waals surface area contributed by atoms with Crippen molar-refractivity contribution in [1.82, 2.24) is 5.32 Å². The minimum atomic E-state index is -0.0954. The van der Waals surface area contributed by atoms with E-state index in [0.29, 0.717) is 6.54 Å². The van der Waals surface area contributed by atoms with Crippen LogP contribution in [-0.2, 0) is 4.79 Å². The summed E-state index contributed by atoms with van der Waals surface area (Å²) < 4.78 is 5.56. The van der Waals surface area contributed by atoms with Gasteiger partial charge < -0.3 is 10.1 Å². The molecule has 0 radical (unpaired) electrons. The van der Waals surface area contributed by atoms with Crippen molar-refractivity contribution in [3.63, 3.8) is 0 Å². The van der Waals surface area contributed by atoms with E-state index in [9.17, 15) is 4.79 Å². The SMILES string of the molecule is Cc1cc(C)cc(OCC(=O)NCC(C)c2ccccc2)c1. The number of carbonyl (C=O) groups excluding carboxylic acids is 1. The van der Waals surface area contributed by atoms with E-state index < -0.39 is 0 Å². The van der Waals surface area contributed by atoms with Crippen molar-refractivity contribution in [2.45, 2.75) is 26.7 Å². The molecule has 2 aromatic rings. The highest BCUT2D eigenvalue weighted by Crippen LogP contribution is 2.16. The lowest BCUT2D eigenvalue weighted by atomic mass is 10.0. The van der Waals surface area contributed by atoms with E-state index in [4.69, 9.17) is 4.74 Å². The number of hydrogen-bond acceptors (Lipinski definition) is 2. The Morgan fingerprint density at radius 1 is 1.09 bits per heavy atom. The number of carbonyl (C=O) groups is 1. The predicted octanol–water partition coefficient (Wildman–Crippen LogP) is 3.60. The highest BCUT2D eigenvalue weighted by atomic mass is 16.5. The van der Waals surface area contributed by atoms with Crippen LogP contribution in [0.25, 0.3) is 0 Å². The van der Waals surface area contributed by atoms with E-state index in [1.807, 2.05) is 44.2 Å². The molecule has 0 aromatic heterocycles. The standard InChI is InChI=1S/C19H23NO2/c1-14-9-15(2)11-18(10-14)22-13-19(21)20-12-16(3)17-7-5-4-6-8-17/h4-11,16H,12-13H2,1-3H3,(H,20,21). The van der Waals surface area contributed by atoms with E-state index in [1.54, 1.807) is 0 Å². The van der Waals surface area contributed by atoms with Gasteiger partial charge in [0.1, 0.15) is 5.75 Å². The molecule has 1 atom stereocenters. The zero-order valence-electron chi connectivity index (χ0n) is 13.4. The maximum atomic E-state index is 11.9. The van der Waals surface area contributed by atoms with Crippen LogP contribution in [0.2, 0.25) is 0 Å². The second kappa shape index (κ2) is 7.64. The van der Waals surface area contributed by atoms with Crippen molar-refractivity contribution in [2.24, 2.45) is 0 Å². The molecular formula is C19H23NO2. The lowest BCUT2D eigenvalue weighted by Gasteiger charge is -2.13. The van der Waals surface area contributed by atoms with Crippen LogP contribution >= 0.6 is 0 Å². The Morgan fingerprint density at radius 3 is 2.36 bits per heavy atom. The molecule has 0 aliphatic rings. The number of aryl methyl sites for hydroxylation is 2. The number of nitrogens with one attached hydrogen (secondary N) is 1. The predicted molar refractivity (Wildman–Crippen MR) is 89.3 cm³/mol. The number of ether oxygens (including phenoxy) is 1. The summed E-state index contributed by atoms with van der Waals surface area (Å²) in [6, 6.07) is 16.1. The first kappa shape index (κ1) is 16.1. The van der Waals surface area contributed by atoms with Crippen molar-refractivity contribution < 1.29 is 9.53 Å². The van der Waals surface area contributed by atoms with Crippen LogP contribution in [0.1, 0.15) is 29.5 Å². The van der Waals surface area contributed by atoms with Crippen LogP contribution in [0, 0.1) is 13.8 Å². The Kier molecular flexibility index (Phi) is 5.59. The molecule has 0 aliphatic heterocycles. The molecule has 116 valence electrons. The molecular weight excluding hydrogens is 274 g/mol. The average Bonchev–Trinajstić information content (AvgIpc) is 2.50. The van der Waals surface area contributed by atoms with Crippen LogP contribution in [0.3, 0.4) is 0 Å². The molecule has 1 unspecified atom stereocenters. The molecule has 1 amide bonds. The Balaban J connectivity index is 1.78. The Labute approximate surface area is 132 Å². The van der Waals surface area contributed by atoms with Crippen LogP contribution in [0.5, 0.6) is 5.75 Å². The highest BCUT2D eigenvalue weighted by molar-refractivity contribution is 5.77. The van der Waals surface area contributed by atoms with Gasteiger partial charge in [-0.25, -0.2) is 0 Å². The summed E-state index contributed by atoms with van der Waals surface area (Å²) in [6.07, 6.45) is 0. The average molecular weight is 297 g/mol. The van der Waals surface area contributed by atoms with Crippen LogP contribution in [0.15, 0.2) is 48.5 Å². The van der Waals surface area contributed by atoms with E-state index in [1.165, 1.54) is 5.56 Å². The molecule has 0 fully saturated rings. The van der Waals surface area contributed by atoms with Crippen molar-refractivity contribution in [1.29, 1.82) is 0 Å². The highest BCUT2D eigenvalue weighted by Gasteiger charge is 2.08. The zero-order chi connectivity index (χ0) is 15.9. The van der Waals surface area contributed by atoms with Crippen molar-refractivity contribution in [3.8, 4) is 5.75 Å². The molecule has 0 saturated heterocycles. The molecule has 2 rings (SSSR count). The zero-order valence-corrected chi connectivity index (χ0v) is 13.4. The number of benzene rings is 2. The quantitative estimate of drug-likeness (QED) is 0.884. The molecule has 0 bridgehead atoms. The normalized spacial score (nSPS) is 11.8. The van der Waals surface area contributed by atoms with Gasteiger partial charge in [-0.05, 0) is 48.6 Å². The van der Waals surface area contributed by atoms with Crippen LogP contribution < -0.4 is 10.1 Å². The molecule has 0 spiro atoms. The van der Waals surface area contributed by atoms with Crippen LogP contribution in [-0.4, -0.2) is 19.1 Å². The second-order valence-electron chi connectivity index (χ2n) is 5.73. The largest absolute Gasteiger partial charge is 0.484 e. The number of hydrogen-bond donors (Lipinski definition) is 1. The first-order valence-corrected chi connectivity index (χ1v) is 7.57. The van der Waals surface area contributed by atoms with Gasteiger partial charge in [0.2, 0.25) is 0 Å². The van der Waals surface area contributed by atoms with Gasteiger partial charge in [0.05, 0.1) is 0 Å². The number of amides is 1. The van der Waals surface area contributed by atoms with E-state index in [0.717, 1.165) is 16.9 Å². The lowest BCUT2D eigenvalue weighted by Crippen LogP contribution is -2.31. The van der Waals surface area contributed by atoms with Gasteiger partial charge in [0.25, 0.3) is 5.91 Å². The summed E-state index contributed by atoms with van der Waals surface area (Å²) in [5.41, 5.74) is 3.49. The summed E-state index contributed by atoms with van der Waals surface area (Å²) in [4.78, 5) is 11.9. The van der Waals surface area contributed by atoms with Crippen molar-refractivity contribution in [3.05, 3.63) is 65.2 Å². The second-order valence-corrected chi connectivity index (χ2v) is 5.73. The summed E-state index contributed by atoms with van der Waals surface area (Å²) in [7, 11) is 0. The first-order valence-electron chi connectivity index (χ1n) is 7.57. The topological polar surface area (TPSA) is 38.3 Å². The molecule has 0 saturated carbocycles. The van der Waals surface area contributed by atoms with Gasteiger partial charge in [0.15, 0.2) is 6.61 Å². The Morgan fingerprint density at radius 2 is 1.73 bits per heavy atom. The lowest BCUT2D eigenvalue weighted by molar-refractivity contribution is -0.123. The van der Waals surface area contributed by atoms with Gasteiger partial charge >= 0.3 is 0 Å². The minimum Gasteiger partial charge on any atom is -0.484 e. The minimum absolute atomic E-state index is 0.0460. The Bertz CT molecular complexity index is 602. The molecule has 1 N–H and O–H groups in total. The third-order valence-electron chi connectivity index (χ3n) is 3.54. The molecule has 2 aromatic carbocycles. The summed E-state index contributed by atoms with van der Waals surface area (Å²) in [5.74, 6) is 0.928. The van der Waals surface area contributed by atoms with Gasteiger partial charge in [-0.3, -0.25) is 4.79 Å². The maximum Gasteiger partial charge on any atom is 0.257 e. The van der Waals surface area contributed by atoms with Crippen molar-refractivity contribution in [2.75, 3.05) is 13.2 Å². The van der Waals surface area contributed by atoms with E-state index in [-0.39, 0.29) is 18.4 Å². The van der Waals surface area contributed by atoms with E-state index >= 15 is 0 Å². The van der Waals surface area contributed by atoms with Gasteiger partial charge in [0, 0.05) is 6.54 Å². The summed E-state index contributed by atoms with van der Waals surface area (Å²) in [6.45, 7) is 6.78. The maximum absolute atomic E-state index is 11.9. The summed E-state index contributed by atoms with van der Waals surface area (Å²) in [5, 5.41) is 2.92. The van der Waals surface area contributed by atoms with Crippen molar-refractivity contribution >= 4 is 5.91 Å². The molecule has 22 heavy (non-hydrogen) atoms. The monoisotopic (exact) mass is 297 g/mol. The van der Waals surface area contributed by atoms with E-state index in [2.05, 4.69) is 30.4 Å². The third kappa shape index (κ3) is 4.92. The summed E-state index contributed by atoms with van der Waals surface area (Å²) >= 11 is 0. The smallest absolute Gasteiger partial charge is 0.257 e. The van der Waals surface area contributed by atoms with Gasteiger partial charge in [-0.15, -0.1) is 0 Å². The fraction of sp³-hybridized carbons (Fsp3) is 0.316. The fourth-order valence-corrected chi connectivity index (χ4v) is 2.38. The number of rotatable bonds is 6.